The molecule has 0 bridgehead atoms. The van der Waals surface area contributed by atoms with Gasteiger partial charge in [0.25, 0.3) is 0 Å². The van der Waals surface area contributed by atoms with Crippen LogP contribution in [0, 0.1) is 0 Å². The minimum Gasteiger partial charge on any atom is -0.0878 e. The van der Waals surface area contributed by atoms with Gasteiger partial charge in [-0.2, -0.15) is 0 Å². The van der Waals surface area contributed by atoms with Crippen molar-refractivity contribution in [2.75, 3.05) is 0 Å². The van der Waals surface area contributed by atoms with Gasteiger partial charge in [0, 0.05) is 5.92 Å². The Kier molecular flexibility index (Phi) is 2.36. The van der Waals surface area contributed by atoms with Crippen molar-refractivity contribution >= 4 is 0 Å². The molecule has 0 saturated heterocycles. The van der Waals surface area contributed by atoms with Crippen molar-refractivity contribution in [1.29, 1.82) is 0 Å². The predicted molar refractivity (Wildman–Crippen MR) is 73.2 cm³/mol. The molecular weight excluding hydrogens is 204 g/mol. The summed E-state index contributed by atoms with van der Waals surface area (Å²) in [5.41, 5.74) is 7.12. The first-order valence-corrected chi connectivity index (χ1v) is 6.14. The zero-order valence-corrected chi connectivity index (χ0v) is 10.3. The first-order valence-electron chi connectivity index (χ1n) is 6.14. The second-order valence-electron chi connectivity index (χ2n) is 4.64. The average Bonchev–Trinajstić information content (AvgIpc) is 2.72. The summed E-state index contributed by atoms with van der Waals surface area (Å²) in [4.78, 5) is 0. The summed E-state index contributed by atoms with van der Waals surface area (Å²) in [6.07, 6.45) is 2.23. The Balaban J connectivity index is 2.31. The molecule has 2 aromatic rings. The third-order valence-electron chi connectivity index (χ3n) is 3.74. The van der Waals surface area contributed by atoms with E-state index in [-0.39, 0.29) is 0 Å². The Morgan fingerprint density at radius 3 is 1.82 bits per heavy atom. The highest BCUT2D eigenvalue weighted by molar-refractivity contribution is 5.80. The van der Waals surface area contributed by atoms with E-state index < -0.39 is 0 Å². The average molecular weight is 220 g/mol. The summed E-state index contributed by atoms with van der Waals surface area (Å²) in [6, 6.07) is 17.5. The molecule has 0 heteroatoms. The van der Waals surface area contributed by atoms with Crippen LogP contribution >= 0.6 is 0 Å². The zero-order valence-electron chi connectivity index (χ0n) is 10.3. The van der Waals surface area contributed by atoms with E-state index in [2.05, 4.69) is 68.5 Å². The van der Waals surface area contributed by atoms with Gasteiger partial charge in [-0.25, -0.2) is 0 Å². The number of hydrogen-bond acceptors (Lipinski definition) is 0. The highest BCUT2D eigenvalue weighted by Gasteiger charge is 2.28. The summed E-state index contributed by atoms with van der Waals surface area (Å²) >= 11 is 0. The normalized spacial score (nSPS) is 14.6. The summed E-state index contributed by atoms with van der Waals surface area (Å²) in [6.45, 7) is 4.35. The molecule has 0 aliphatic heterocycles. The van der Waals surface area contributed by atoms with Crippen LogP contribution < -0.4 is 0 Å². The number of hydrogen-bond donors (Lipinski definition) is 0. The van der Waals surface area contributed by atoms with E-state index in [1.54, 1.807) is 0 Å². The maximum atomic E-state index is 2.26. The fourth-order valence-electron chi connectivity index (χ4n) is 2.81. The van der Waals surface area contributed by atoms with Gasteiger partial charge >= 0.3 is 0 Å². The van der Waals surface area contributed by atoms with Crippen molar-refractivity contribution in [2.24, 2.45) is 0 Å². The largest absolute Gasteiger partial charge is 0.0878 e. The van der Waals surface area contributed by atoms with E-state index in [0.29, 0.717) is 5.92 Å². The van der Waals surface area contributed by atoms with Crippen LogP contribution in [0.25, 0.3) is 11.1 Å². The summed E-state index contributed by atoms with van der Waals surface area (Å²) in [5.74, 6) is 0.451. The Hall–Kier alpha value is -1.82. The molecule has 0 heterocycles. The SMILES string of the molecule is C/C=C(\C)C1c2ccccc2-c2ccccc21. The molecule has 0 nitrogen and oxygen atoms in total. The molecular formula is C17H16. The lowest BCUT2D eigenvalue weighted by molar-refractivity contribution is 0.975. The smallest absolute Gasteiger partial charge is 0.0308 e. The Morgan fingerprint density at radius 1 is 0.882 bits per heavy atom. The fraction of sp³-hybridized carbons (Fsp3) is 0.176. The molecule has 0 atom stereocenters. The van der Waals surface area contributed by atoms with E-state index in [0.717, 1.165) is 0 Å². The standard InChI is InChI=1S/C17H16/c1-3-12(2)17-15-10-6-4-8-13(15)14-9-5-7-11-16(14)17/h3-11,17H,1-2H3/b12-3+. The van der Waals surface area contributed by atoms with E-state index in [4.69, 9.17) is 0 Å². The first-order chi connectivity index (χ1) is 8.33. The molecule has 2 aromatic carbocycles. The minimum atomic E-state index is 0.451. The first kappa shape index (κ1) is 10.3. The molecule has 0 aromatic heterocycles. The molecule has 84 valence electrons. The van der Waals surface area contributed by atoms with Crippen LogP contribution in [0.15, 0.2) is 60.2 Å². The van der Waals surface area contributed by atoms with Crippen LogP contribution in [0.1, 0.15) is 30.9 Å². The highest BCUT2D eigenvalue weighted by Crippen LogP contribution is 2.47. The van der Waals surface area contributed by atoms with Crippen LogP contribution in [0.3, 0.4) is 0 Å². The Morgan fingerprint density at radius 2 is 1.35 bits per heavy atom. The van der Waals surface area contributed by atoms with Crippen LogP contribution in [0.4, 0.5) is 0 Å². The lowest BCUT2D eigenvalue weighted by Crippen LogP contribution is -1.97. The zero-order chi connectivity index (χ0) is 11.8. The van der Waals surface area contributed by atoms with E-state index in [1.807, 2.05) is 0 Å². The Bertz CT molecular complexity index is 545. The molecule has 3 rings (SSSR count). The van der Waals surface area contributed by atoms with Crippen molar-refractivity contribution in [1.82, 2.24) is 0 Å². The molecule has 0 radical (unpaired) electrons. The van der Waals surface area contributed by atoms with Gasteiger partial charge in [0.1, 0.15) is 0 Å². The van der Waals surface area contributed by atoms with Crippen LogP contribution in [-0.4, -0.2) is 0 Å². The predicted octanol–water partition coefficient (Wildman–Crippen LogP) is 4.77. The molecule has 17 heavy (non-hydrogen) atoms. The molecule has 0 fully saturated rings. The number of fused-ring (bicyclic) bond motifs is 3. The minimum absolute atomic E-state index is 0.451. The summed E-state index contributed by atoms with van der Waals surface area (Å²) in [7, 11) is 0. The topological polar surface area (TPSA) is 0 Å². The van der Waals surface area contributed by atoms with E-state index in [1.165, 1.54) is 27.8 Å². The van der Waals surface area contributed by atoms with E-state index in [9.17, 15) is 0 Å². The molecule has 0 saturated carbocycles. The van der Waals surface area contributed by atoms with Gasteiger partial charge in [0.05, 0.1) is 0 Å². The summed E-state index contributed by atoms with van der Waals surface area (Å²) in [5, 5.41) is 0. The van der Waals surface area contributed by atoms with Crippen molar-refractivity contribution in [3.63, 3.8) is 0 Å². The van der Waals surface area contributed by atoms with Gasteiger partial charge in [-0.1, -0.05) is 60.2 Å². The molecule has 0 spiro atoms. The molecule has 0 amide bonds. The monoisotopic (exact) mass is 220 g/mol. The summed E-state index contributed by atoms with van der Waals surface area (Å²) < 4.78 is 0. The molecule has 0 N–H and O–H groups in total. The maximum Gasteiger partial charge on any atom is 0.0308 e. The van der Waals surface area contributed by atoms with Crippen molar-refractivity contribution in [2.45, 2.75) is 19.8 Å². The number of benzene rings is 2. The van der Waals surface area contributed by atoms with E-state index >= 15 is 0 Å². The molecule has 1 aliphatic rings. The van der Waals surface area contributed by atoms with Crippen LogP contribution in [0.2, 0.25) is 0 Å². The Labute approximate surface area is 103 Å². The van der Waals surface area contributed by atoms with Gasteiger partial charge in [-0.3, -0.25) is 0 Å². The lowest BCUT2D eigenvalue weighted by atomic mass is 9.90. The van der Waals surface area contributed by atoms with Gasteiger partial charge in [-0.05, 0) is 36.1 Å². The lowest BCUT2D eigenvalue weighted by Gasteiger charge is -2.14. The number of rotatable bonds is 1. The number of allylic oxidation sites excluding steroid dienone is 2. The second-order valence-corrected chi connectivity index (χ2v) is 4.64. The van der Waals surface area contributed by atoms with Gasteiger partial charge in [0.2, 0.25) is 0 Å². The fourth-order valence-corrected chi connectivity index (χ4v) is 2.81. The maximum absolute atomic E-state index is 2.26. The van der Waals surface area contributed by atoms with Crippen molar-refractivity contribution in [3.8, 4) is 11.1 Å². The van der Waals surface area contributed by atoms with Crippen LogP contribution in [-0.2, 0) is 0 Å². The third-order valence-corrected chi connectivity index (χ3v) is 3.74. The van der Waals surface area contributed by atoms with Crippen molar-refractivity contribution in [3.05, 3.63) is 71.3 Å². The second kappa shape index (κ2) is 3.89. The third kappa shape index (κ3) is 1.44. The molecule has 0 unspecified atom stereocenters. The molecule has 1 aliphatic carbocycles. The van der Waals surface area contributed by atoms with Gasteiger partial charge in [-0.15, -0.1) is 0 Å². The van der Waals surface area contributed by atoms with Gasteiger partial charge in [0.15, 0.2) is 0 Å². The van der Waals surface area contributed by atoms with Gasteiger partial charge < -0.3 is 0 Å². The highest BCUT2D eigenvalue weighted by atomic mass is 14.3. The van der Waals surface area contributed by atoms with Crippen molar-refractivity contribution < 1.29 is 0 Å². The quantitative estimate of drug-likeness (QED) is 0.607. The van der Waals surface area contributed by atoms with Crippen LogP contribution in [0.5, 0.6) is 0 Å².